The number of carbonyl (C=O) groups excluding carboxylic acids is 1. The molecular weight excluding hydrogens is 368 g/mol. The van der Waals surface area contributed by atoms with E-state index in [-0.39, 0.29) is 17.7 Å². The van der Waals surface area contributed by atoms with Gasteiger partial charge in [0.2, 0.25) is 5.89 Å². The lowest BCUT2D eigenvalue weighted by atomic mass is 10.1. The van der Waals surface area contributed by atoms with Gasteiger partial charge < -0.3 is 14.8 Å². The minimum absolute atomic E-state index is 0.274. The Hall–Kier alpha value is -2.48. The summed E-state index contributed by atoms with van der Waals surface area (Å²) in [5.74, 6) is 0.266. The van der Waals surface area contributed by atoms with E-state index in [0.717, 1.165) is 50.3 Å². The van der Waals surface area contributed by atoms with Crippen LogP contribution in [0.4, 0.5) is 5.69 Å². The maximum atomic E-state index is 12.4. The highest BCUT2D eigenvalue weighted by atomic mass is 16.3. The summed E-state index contributed by atoms with van der Waals surface area (Å²) in [6.45, 7) is 10.5. The minimum Gasteiger partial charge on any atom is -0.447 e. The van der Waals surface area contributed by atoms with E-state index in [1.165, 1.54) is 6.26 Å². The van der Waals surface area contributed by atoms with Gasteiger partial charge in [0, 0.05) is 38.4 Å². The molecule has 7 nitrogen and oxygen atoms in total. The van der Waals surface area contributed by atoms with E-state index in [1.54, 1.807) is 0 Å². The van der Waals surface area contributed by atoms with Crippen LogP contribution in [0.3, 0.4) is 0 Å². The van der Waals surface area contributed by atoms with Gasteiger partial charge in [0.1, 0.15) is 6.26 Å². The van der Waals surface area contributed by atoms with E-state index in [2.05, 4.69) is 26.7 Å². The van der Waals surface area contributed by atoms with Gasteiger partial charge >= 0.3 is 0 Å². The summed E-state index contributed by atoms with van der Waals surface area (Å²) < 4.78 is 5.51. The Morgan fingerprint density at radius 1 is 1.34 bits per heavy atom. The number of hydrogen-bond donors (Lipinski definition) is 2. The molecule has 0 aliphatic carbocycles. The molecule has 1 fully saturated rings. The van der Waals surface area contributed by atoms with Crippen LogP contribution in [0.15, 0.2) is 47.6 Å². The van der Waals surface area contributed by atoms with E-state index in [1.807, 2.05) is 37.3 Å². The maximum absolute atomic E-state index is 12.4. The van der Waals surface area contributed by atoms with Gasteiger partial charge in [-0.2, -0.15) is 0 Å². The molecule has 1 saturated heterocycles. The molecule has 1 aromatic heterocycles. The van der Waals surface area contributed by atoms with Crippen LogP contribution in [-0.4, -0.2) is 64.6 Å². The molecule has 156 valence electrons. The topological polar surface area (TPSA) is 81.8 Å². The smallest absolute Gasteiger partial charge is 0.277 e. The van der Waals surface area contributed by atoms with E-state index in [9.17, 15) is 9.90 Å². The molecule has 1 atom stereocenters. The highest BCUT2D eigenvalue weighted by Gasteiger charge is 2.21. The van der Waals surface area contributed by atoms with Gasteiger partial charge in [0.15, 0.2) is 5.69 Å². The molecule has 0 radical (unpaired) electrons. The quantitative estimate of drug-likeness (QED) is 0.632. The van der Waals surface area contributed by atoms with E-state index >= 15 is 0 Å². The van der Waals surface area contributed by atoms with Crippen LogP contribution in [0.1, 0.15) is 34.8 Å². The number of nitrogens with zero attached hydrogens (tertiary/aromatic N) is 3. The monoisotopic (exact) mass is 398 g/mol. The lowest BCUT2D eigenvalue weighted by Gasteiger charge is -2.34. The van der Waals surface area contributed by atoms with Crippen LogP contribution < -0.4 is 5.32 Å². The Kier molecular flexibility index (Phi) is 7.57. The van der Waals surface area contributed by atoms with E-state index < -0.39 is 0 Å². The number of anilines is 1. The first-order valence-corrected chi connectivity index (χ1v) is 10.1. The Bertz CT molecular complexity index is 812. The molecule has 29 heavy (non-hydrogen) atoms. The lowest BCUT2D eigenvalue weighted by Crippen LogP contribution is -2.48. The van der Waals surface area contributed by atoms with Crippen molar-refractivity contribution < 1.29 is 14.3 Å². The molecule has 1 aliphatic heterocycles. The predicted octanol–water partition coefficient (Wildman–Crippen LogP) is 2.68. The van der Waals surface area contributed by atoms with Crippen LogP contribution >= 0.6 is 0 Å². The number of piperazine rings is 1. The van der Waals surface area contributed by atoms with Gasteiger partial charge in [-0.25, -0.2) is 4.98 Å². The summed E-state index contributed by atoms with van der Waals surface area (Å²) in [6, 6.07) is 7.63. The van der Waals surface area contributed by atoms with Crippen molar-refractivity contribution in [1.82, 2.24) is 14.8 Å². The van der Waals surface area contributed by atoms with Gasteiger partial charge in [0.25, 0.3) is 5.91 Å². The van der Waals surface area contributed by atoms with Crippen molar-refractivity contribution in [2.45, 2.75) is 32.4 Å². The van der Waals surface area contributed by atoms with Crippen molar-refractivity contribution in [2.24, 2.45) is 0 Å². The summed E-state index contributed by atoms with van der Waals surface area (Å²) in [4.78, 5) is 21.2. The van der Waals surface area contributed by atoms with Crippen molar-refractivity contribution in [1.29, 1.82) is 0 Å². The third-order valence-electron chi connectivity index (χ3n) is 5.06. The van der Waals surface area contributed by atoms with Crippen molar-refractivity contribution in [3.05, 3.63) is 60.3 Å². The van der Waals surface area contributed by atoms with Gasteiger partial charge in [-0.05, 0) is 37.5 Å². The molecule has 1 unspecified atom stereocenters. The molecule has 0 bridgehead atoms. The third-order valence-corrected chi connectivity index (χ3v) is 5.06. The number of aryl methyl sites for hydroxylation is 1. The molecule has 1 aromatic carbocycles. The summed E-state index contributed by atoms with van der Waals surface area (Å²) in [5, 5.41) is 12.9. The fourth-order valence-electron chi connectivity index (χ4n) is 3.43. The summed E-state index contributed by atoms with van der Waals surface area (Å²) in [5.41, 5.74) is 2.10. The number of β-amino-alcohol motifs (C(OH)–C–C–N with tert-alkyl or cyclic N) is 1. The Balaban J connectivity index is 1.44. The fourth-order valence-corrected chi connectivity index (χ4v) is 3.43. The lowest BCUT2D eigenvalue weighted by molar-refractivity contribution is 0.0642. The number of oxazole rings is 1. The Labute approximate surface area is 172 Å². The second kappa shape index (κ2) is 10.3. The van der Waals surface area contributed by atoms with Gasteiger partial charge in [-0.1, -0.05) is 18.2 Å². The van der Waals surface area contributed by atoms with Crippen LogP contribution in [0.2, 0.25) is 0 Å². The van der Waals surface area contributed by atoms with Crippen LogP contribution in [0.5, 0.6) is 0 Å². The molecule has 1 aliphatic rings. The van der Waals surface area contributed by atoms with Crippen molar-refractivity contribution in [2.75, 3.05) is 38.0 Å². The average molecular weight is 399 g/mol. The number of aliphatic hydroxyl groups excluding tert-OH is 1. The van der Waals surface area contributed by atoms with Crippen molar-refractivity contribution in [3.8, 4) is 0 Å². The van der Waals surface area contributed by atoms with Crippen molar-refractivity contribution >= 4 is 11.6 Å². The summed E-state index contributed by atoms with van der Waals surface area (Å²) in [6.07, 6.45) is 4.54. The SMILES string of the molecule is C=CCCC(O)CN1CCN(Cc2nc(C(=O)Nc3cccc(C)c3)co2)CC1. The number of aromatic nitrogens is 1. The number of amides is 1. The number of aliphatic hydroxyl groups is 1. The standard InChI is InChI=1S/C22H30N4O3/c1-3-4-8-19(27)14-25-9-11-26(12-10-25)15-21-24-20(16-29-21)22(28)23-18-7-5-6-17(2)13-18/h3,5-7,13,16,19,27H,1,4,8-12,14-15H2,2H3,(H,23,28). The zero-order valence-electron chi connectivity index (χ0n) is 17.0. The highest BCUT2D eigenvalue weighted by molar-refractivity contribution is 6.02. The van der Waals surface area contributed by atoms with Gasteiger partial charge in [-0.15, -0.1) is 6.58 Å². The first-order valence-electron chi connectivity index (χ1n) is 10.1. The second-order valence-corrected chi connectivity index (χ2v) is 7.55. The molecule has 0 saturated carbocycles. The highest BCUT2D eigenvalue weighted by Crippen LogP contribution is 2.13. The Morgan fingerprint density at radius 2 is 2.10 bits per heavy atom. The molecule has 3 rings (SSSR count). The van der Waals surface area contributed by atoms with Crippen LogP contribution in [0, 0.1) is 6.92 Å². The molecule has 0 spiro atoms. The molecule has 7 heteroatoms. The fraction of sp³-hybridized carbons (Fsp3) is 0.455. The first-order chi connectivity index (χ1) is 14.0. The number of carbonyl (C=O) groups is 1. The number of nitrogens with one attached hydrogen (secondary N) is 1. The second-order valence-electron chi connectivity index (χ2n) is 7.55. The average Bonchev–Trinajstić information content (AvgIpc) is 3.16. The van der Waals surface area contributed by atoms with Crippen LogP contribution in [-0.2, 0) is 6.54 Å². The van der Waals surface area contributed by atoms with E-state index in [0.29, 0.717) is 19.0 Å². The first kappa shape index (κ1) is 21.2. The zero-order chi connectivity index (χ0) is 20.6. The van der Waals surface area contributed by atoms with Gasteiger partial charge in [0.05, 0.1) is 12.6 Å². The number of hydrogen-bond acceptors (Lipinski definition) is 6. The largest absolute Gasteiger partial charge is 0.447 e. The van der Waals surface area contributed by atoms with Gasteiger partial charge in [-0.3, -0.25) is 14.6 Å². The molecular formula is C22H30N4O3. The minimum atomic E-state index is -0.305. The van der Waals surface area contributed by atoms with E-state index in [4.69, 9.17) is 4.42 Å². The maximum Gasteiger partial charge on any atom is 0.277 e. The molecule has 2 N–H and O–H groups in total. The Morgan fingerprint density at radius 3 is 2.83 bits per heavy atom. The predicted molar refractivity (Wildman–Crippen MR) is 113 cm³/mol. The molecule has 2 aromatic rings. The summed E-state index contributed by atoms with van der Waals surface area (Å²) >= 11 is 0. The molecule has 2 heterocycles. The van der Waals surface area contributed by atoms with Crippen molar-refractivity contribution in [3.63, 3.8) is 0 Å². The number of benzene rings is 1. The van der Waals surface area contributed by atoms with Crippen LogP contribution in [0.25, 0.3) is 0 Å². The normalized spacial score (nSPS) is 16.5. The number of rotatable bonds is 9. The summed E-state index contributed by atoms with van der Waals surface area (Å²) in [7, 11) is 0. The third kappa shape index (κ3) is 6.52. The zero-order valence-corrected chi connectivity index (χ0v) is 17.0. The number of allylic oxidation sites excluding steroid dienone is 1. The molecule has 1 amide bonds.